The Morgan fingerprint density at radius 1 is 1.06 bits per heavy atom. The molecule has 2 aliphatic rings. The van der Waals surface area contributed by atoms with Gasteiger partial charge in [0.15, 0.2) is 0 Å². The molecule has 0 spiro atoms. The highest BCUT2D eigenvalue weighted by atomic mass is 14.9. The molecule has 2 aliphatic carbocycles. The summed E-state index contributed by atoms with van der Waals surface area (Å²) in [5, 5.41) is 3.84. The Labute approximate surface area is 101 Å². The molecule has 0 saturated heterocycles. The van der Waals surface area contributed by atoms with E-state index in [1.54, 1.807) is 0 Å². The van der Waals surface area contributed by atoms with Crippen molar-refractivity contribution in [1.29, 1.82) is 0 Å². The summed E-state index contributed by atoms with van der Waals surface area (Å²) in [6.45, 7) is 8.45. The highest BCUT2D eigenvalue weighted by Gasteiger charge is 2.45. The van der Waals surface area contributed by atoms with Gasteiger partial charge in [0.1, 0.15) is 0 Å². The molecular weight excluding hydrogens is 194 g/mol. The maximum Gasteiger partial charge on any atom is 0.00672 e. The topological polar surface area (TPSA) is 12.0 Å². The third-order valence-corrected chi connectivity index (χ3v) is 5.25. The fourth-order valence-corrected chi connectivity index (χ4v) is 3.28. The molecule has 1 unspecified atom stereocenters. The van der Waals surface area contributed by atoms with E-state index >= 15 is 0 Å². The van der Waals surface area contributed by atoms with Crippen LogP contribution in [-0.4, -0.2) is 12.6 Å². The molecule has 16 heavy (non-hydrogen) atoms. The standard InChI is InChI=1S/C15H29N/c1-12(2)15(9-10-15)11-16-13(3)14-7-5-4-6-8-14/h12-14,16H,4-11H2,1-3H3. The Bertz CT molecular complexity index is 211. The van der Waals surface area contributed by atoms with Gasteiger partial charge in [0.25, 0.3) is 0 Å². The van der Waals surface area contributed by atoms with Crippen molar-refractivity contribution in [3.8, 4) is 0 Å². The van der Waals surface area contributed by atoms with Gasteiger partial charge >= 0.3 is 0 Å². The molecule has 2 saturated carbocycles. The van der Waals surface area contributed by atoms with E-state index < -0.39 is 0 Å². The van der Waals surface area contributed by atoms with E-state index in [9.17, 15) is 0 Å². The van der Waals surface area contributed by atoms with Crippen LogP contribution >= 0.6 is 0 Å². The molecule has 0 aliphatic heterocycles. The van der Waals surface area contributed by atoms with Gasteiger partial charge in [-0.2, -0.15) is 0 Å². The van der Waals surface area contributed by atoms with E-state index in [1.807, 2.05) is 0 Å². The number of hydrogen-bond donors (Lipinski definition) is 1. The van der Waals surface area contributed by atoms with E-state index in [0.29, 0.717) is 5.41 Å². The Morgan fingerprint density at radius 2 is 1.69 bits per heavy atom. The zero-order chi connectivity index (χ0) is 11.6. The van der Waals surface area contributed by atoms with E-state index in [0.717, 1.165) is 17.9 Å². The Balaban J connectivity index is 1.72. The summed E-state index contributed by atoms with van der Waals surface area (Å²) in [7, 11) is 0. The van der Waals surface area contributed by atoms with Crippen LogP contribution in [0.1, 0.15) is 65.7 Å². The molecular formula is C15H29N. The molecule has 2 fully saturated rings. The van der Waals surface area contributed by atoms with Crippen molar-refractivity contribution in [2.24, 2.45) is 17.3 Å². The monoisotopic (exact) mass is 223 g/mol. The average molecular weight is 223 g/mol. The summed E-state index contributed by atoms with van der Waals surface area (Å²) in [5.41, 5.74) is 0.670. The first kappa shape index (κ1) is 12.4. The van der Waals surface area contributed by atoms with Crippen molar-refractivity contribution >= 4 is 0 Å². The normalized spacial score (nSPS) is 27.0. The van der Waals surface area contributed by atoms with E-state index in [1.165, 1.54) is 51.5 Å². The lowest BCUT2D eigenvalue weighted by Crippen LogP contribution is -2.39. The molecule has 0 radical (unpaired) electrons. The maximum atomic E-state index is 3.84. The predicted octanol–water partition coefficient (Wildman–Crippen LogP) is 3.98. The largest absolute Gasteiger partial charge is 0.313 e. The van der Waals surface area contributed by atoms with Crippen LogP contribution in [0.3, 0.4) is 0 Å². The zero-order valence-electron chi connectivity index (χ0n) is 11.4. The number of rotatable bonds is 5. The van der Waals surface area contributed by atoms with Crippen molar-refractivity contribution in [3.63, 3.8) is 0 Å². The summed E-state index contributed by atoms with van der Waals surface area (Å²) in [4.78, 5) is 0. The van der Waals surface area contributed by atoms with Crippen LogP contribution in [-0.2, 0) is 0 Å². The first-order chi connectivity index (χ1) is 7.64. The second-order valence-electron chi connectivity index (χ2n) is 6.58. The van der Waals surface area contributed by atoms with Crippen LogP contribution in [0.2, 0.25) is 0 Å². The second kappa shape index (κ2) is 5.08. The molecule has 1 atom stereocenters. The van der Waals surface area contributed by atoms with Crippen molar-refractivity contribution in [3.05, 3.63) is 0 Å². The molecule has 1 heteroatoms. The van der Waals surface area contributed by atoms with Gasteiger partial charge in [-0.1, -0.05) is 33.1 Å². The van der Waals surface area contributed by atoms with Crippen LogP contribution in [0.25, 0.3) is 0 Å². The lowest BCUT2D eigenvalue weighted by molar-refractivity contribution is 0.250. The van der Waals surface area contributed by atoms with Crippen LogP contribution in [0.15, 0.2) is 0 Å². The first-order valence-corrected chi connectivity index (χ1v) is 7.37. The molecule has 94 valence electrons. The average Bonchev–Trinajstić information content (AvgIpc) is 3.08. The predicted molar refractivity (Wildman–Crippen MR) is 70.5 cm³/mol. The SMILES string of the molecule is CC(NCC1(C(C)C)CC1)C1CCCCC1. The van der Waals surface area contributed by atoms with Gasteiger partial charge in [0.2, 0.25) is 0 Å². The molecule has 2 rings (SSSR count). The van der Waals surface area contributed by atoms with E-state index in [-0.39, 0.29) is 0 Å². The first-order valence-electron chi connectivity index (χ1n) is 7.37. The van der Waals surface area contributed by atoms with Gasteiger partial charge in [-0.15, -0.1) is 0 Å². The Morgan fingerprint density at radius 3 is 2.19 bits per heavy atom. The minimum Gasteiger partial charge on any atom is -0.313 e. The van der Waals surface area contributed by atoms with Crippen LogP contribution < -0.4 is 5.32 Å². The molecule has 1 nitrogen and oxygen atoms in total. The van der Waals surface area contributed by atoms with Gasteiger partial charge < -0.3 is 5.32 Å². The summed E-state index contributed by atoms with van der Waals surface area (Å²) in [5.74, 6) is 1.82. The third-order valence-electron chi connectivity index (χ3n) is 5.25. The minimum atomic E-state index is 0.670. The lowest BCUT2D eigenvalue weighted by Gasteiger charge is -2.30. The summed E-state index contributed by atoms with van der Waals surface area (Å²) in [6.07, 6.45) is 10.2. The number of nitrogens with one attached hydrogen (secondary N) is 1. The highest BCUT2D eigenvalue weighted by Crippen LogP contribution is 2.51. The summed E-state index contributed by atoms with van der Waals surface area (Å²) < 4.78 is 0. The van der Waals surface area contributed by atoms with Gasteiger partial charge in [-0.05, 0) is 49.9 Å². The summed E-state index contributed by atoms with van der Waals surface area (Å²) in [6, 6.07) is 0.747. The maximum absolute atomic E-state index is 3.84. The van der Waals surface area contributed by atoms with Crippen molar-refractivity contribution in [2.45, 2.75) is 71.8 Å². The Hall–Kier alpha value is -0.0400. The van der Waals surface area contributed by atoms with Crippen molar-refractivity contribution in [1.82, 2.24) is 5.32 Å². The molecule has 0 bridgehead atoms. The third kappa shape index (κ3) is 2.80. The highest BCUT2D eigenvalue weighted by molar-refractivity contribution is 4.97. The number of hydrogen-bond acceptors (Lipinski definition) is 1. The fourth-order valence-electron chi connectivity index (χ4n) is 3.28. The van der Waals surface area contributed by atoms with E-state index in [4.69, 9.17) is 0 Å². The summed E-state index contributed by atoms with van der Waals surface area (Å²) >= 11 is 0. The molecule has 0 aromatic rings. The minimum absolute atomic E-state index is 0.670. The molecule has 0 aromatic carbocycles. The Kier molecular flexibility index (Phi) is 3.94. The second-order valence-corrected chi connectivity index (χ2v) is 6.58. The van der Waals surface area contributed by atoms with Crippen LogP contribution in [0, 0.1) is 17.3 Å². The van der Waals surface area contributed by atoms with Crippen LogP contribution in [0.5, 0.6) is 0 Å². The van der Waals surface area contributed by atoms with Crippen LogP contribution in [0.4, 0.5) is 0 Å². The van der Waals surface area contributed by atoms with Gasteiger partial charge in [0, 0.05) is 12.6 Å². The quantitative estimate of drug-likeness (QED) is 0.743. The van der Waals surface area contributed by atoms with Gasteiger partial charge in [0.05, 0.1) is 0 Å². The van der Waals surface area contributed by atoms with Gasteiger partial charge in [-0.25, -0.2) is 0 Å². The van der Waals surface area contributed by atoms with E-state index in [2.05, 4.69) is 26.1 Å². The smallest absolute Gasteiger partial charge is 0.00672 e. The van der Waals surface area contributed by atoms with Crippen molar-refractivity contribution < 1.29 is 0 Å². The van der Waals surface area contributed by atoms with Crippen molar-refractivity contribution in [2.75, 3.05) is 6.54 Å². The van der Waals surface area contributed by atoms with Gasteiger partial charge in [-0.3, -0.25) is 0 Å². The zero-order valence-corrected chi connectivity index (χ0v) is 11.4. The fraction of sp³-hybridized carbons (Fsp3) is 1.00. The molecule has 1 N–H and O–H groups in total. The molecule has 0 aromatic heterocycles. The molecule has 0 heterocycles. The lowest BCUT2D eigenvalue weighted by atomic mass is 9.84. The molecule has 0 amide bonds.